The zero-order valence-corrected chi connectivity index (χ0v) is 16.5. The van der Waals surface area contributed by atoms with Crippen LogP contribution in [-0.2, 0) is 27.7 Å². The van der Waals surface area contributed by atoms with Crippen molar-refractivity contribution >= 4 is 26.9 Å². The zero-order valence-electron chi connectivity index (χ0n) is 15.7. The highest BCUT2D eigenvalue weighted by molar-refractivity contribution is 7.90. The van der Waals surface area contributed by atoms with Crippen molar-refractivity contribution in [1.82, 2.24) is 9.21 Å². The molecular formula is C20H26N2O4S. The van der Waals surface area contributed by atoms with Gasteiger partial charge in [0.2, 0.25) is 15.9 Å². The molecule has 1 aliphatic carbocycles. The smallest absolute Gasteiger partial charge is 0.227 e. The van der Waals surface area contributed by atoms with Gasteiger partial charge < -0.3 is 9.32 Å². The fraction of sp³-hybridized carbons (Fsp3) is 0.550. The number of hydrogen-bond acceptors (Lipinski definition) is 4. The van der Waals surface area contributed by atoms with Crippen molar-refractivity contribution in [3.8, 4) is 0 Å². The average Bonchev–Trinajstić information content (AvgIpc) is 3.48. The van der Waals surface area contributed by atoms with Crippen molar-refractivity contribution in [2.24, 2.45) is 0 Å². The summed E-state index contributed by atoms with van der Waals surface area (Å²) in [7, 11) is -3.17. The predicted molar refractivity (Wildman–Crippen MR) is 104 cm³/mol. The van der Waals surface area contributed by atoms with E-state index in [-0.39, 0.29) is 11.2 Å². The predicted octanol–water partition coefficient (Wildman–Crippen LogP) is 2.56. The van der Waals surface area contributed by atoms with Crippen molar-refractivity contribution in [1.29, 1.82) is 0 Å². The van der Waals surface area contributed by atoms with Crippen LogP contribution in [0, 0.1) is 0 Å². The molecule has 7 heteroatoms. The van der Waals surface area contributed by atoms with Crippen LogP contribution in [0.1, 0.15) is 37.5 Å². The van der Waals surface area contributed by atoms with Gasteiger partial charge in [-0.3, -0.25) is 4.79 Å². The lowest BCUT2D eigenvalue weighted by Crippen LogP contribution is -2.39. The molecule has 0 bridgehead atoms. The molecule has 1 aromatic carbocycles. The van der Waals surface area contributed by atoms with Crippen molar-refractivity contribution < 1.29 is 17.6 Å². The van der Waals surface area contributed by atoms with Crippen LogP contribution in [0.4, 0.5) is 0 Å². The van der Waals surface area contributed by atoms with Gasteiger partial charge in [0.25, 0.3) is 0 Å². The number of fused-ring (bicyclic) bond motifs is 1. The molecule has 0 N–H and O–H groups in total. The molecule has 2 fully saturated rings. The Labute approximate surface area is 160 Å². The van der Waals surface area contributed by atoms with Gasteiger partial charge in [0, 0.05) is 43.5 Å². The van der Waals surface area contributed by atoms with Crippen LogP contribution in [0.5, 0.6) is 0 Å². The lowest BCUT2D eigenvalue weighted by Gasteiger charge is -2.22. The molecule has 4 rings (SSSR count). The molecule has 6 nitrogen and oxygen atoms in total. The summed E-state index contributed by atoms with van der Waals surface area (Å²) in [6, 6.07) is 7.81. The Morgan fingerprint density at radius 1 is 1.15 bits per heavy atom. The van der Waals surface area contributed by atoms with Crippen LogP contribution < -0.4 is 0 Å². The molecule has 1 aliphatic heterocycles. The number of benzene rings is 1. The van der Waals surface area contributed by atoms with Gasteiger partial charge in [0.05, 0.1) is 11.7 Å². The average molecular weight is 391 g/mol. The highest BCUT2D eigenvalue weighted by Crippen LogP contribution is 2.31. The van der Waals surface area contributed by atoms with Crippen LogP contribution in [-0.4, -0.2) is 55.0 Å². The van der Waals surface area contributed by atoms with Crippen LogP contribution in [0.25, 0.3) is 11.0 Å². The molecule has 146 valence electrons. The molecule has 2 aliphatic rings. The fourth-order valence-corrected chi connectivity index (χ4v) is 5.74. The number of furan rings is 1. The van der Waals surface area contributed by atoms with E-state index in [9.17, 15) is 13.2 Å². The molecule has 1 aromatic heterocycles. The van der Waals surface area contributed by atoms with E-state index in [1.807, 2.05) is 36.1 Å². The van der Waals surface area contributed by atoms with Gasteiger partial charge in [-0.25, -0.2) is 8.42 Å². The van der Waals surface area contributed by atoms with E-state index in [0.717, 1.165) is 41.6 Å². The minimum absolute atomic E-state index is 0.0434. The maximum Gasteiger partial charge on any atom is 0.227 e. The topological polar surface area (TPSA) is 70.8 Å². The monoisotopic (exact) mass is 390 g/mol. The Morgan fingerprint density at radius 2 is 1.93 bits per heavy atom. The lowest BCUT2D eigenvalue weighted by atomic mass is 10.1. The third kappa shape index (κ3) is 3.62. The van der Waals surface area contributed by atoms with Gasteiger partial charge in [-0.15, -0.1) is 0 Å². The van der Waals surface area contributed by atoms with E-state index in [2.05, 4.69) is 0 Å². The number of amides is 1. The van der Waals surface area contributed by atoms with E-state index in [1.165, 1.54) is 0 Å². The SMILES string of the molecule is CCc1oc2ccccc2c1CC(=O)N1CCCN(S(=O)(=O)C2CC2)CC1. The van der Waals surface area contributed by atoms with E-state index in [4.69, 9.17) is 4.42 Å². The standard InChI is InChI=1S/C20H26N2O4S/c1-2-18-17(16-6-3-4-7-19(16)26-18)14-20(23)21-10-5-11-22(13-12-21)27(24,25)15-8-9-15/h3-4,6-7,15H,2,5,8-14H2,1H3. The summed E-state index contributed by atoms with van der Waals surface area (Å²) in [6.45, 7) is 4.00. The molecule has 1 amide bonds. The normalized spacial score (nSPS) is 19.4. The largest absolute Gasteiger partial charge is 0.461 e. The van der Waals surface area contributed by atoms with Gasteiger partial charge in [-0.1, -0.05) is 25.1 Å². The second kappa shape index (κ2) is 7.28. The Balaban J connectivity index is 1.48. The third-order valence-corrected chi connectivity index (χ3v) is 7.94. The molecule has 1 saturated heterocycles. The number of carbonyl (C=O) groups excluding carboxylic acids is 1. The molecule has 0 atom stereocenters. The van der Waals surface area contributed by atoms with Crippen LogP contribution in [0.2, 0.25) is 0 Å². The highest BCUT2D eigenvalue weighted by Gasteiger charge is 2.40. The van der Waals surface area contributed by atoms with Gasteiger partial charge in [-0.05, 0) is 25.3 Å². The number of aryl methyl sites for hydroxylation is 1. The molecule has 1 saturated carbocycles. The van der Waals surface area contributed by atoms with E-state index < -0.39 is 10.0 Å². The second-order valence-electron chi connectivity index (χ2n) is 7.41. The van der Waals surface area contributed by atoms with Crippen molar-refractivity contribution in [2.45, 2.75) is 44.3 Å². The fourth-order valence-electron chi connectivity index (χ4n) is 3.87. The Bertz CT molecular complexity index is 946. The third-order valence-electron chi connectivity index (χ3n) is 5.54. The summed E-state index contributed by atoms with van der Waals surface area (Å²) in [6.07, 6.45) is 3.27. The van der Waals surface area contributed by atoms with Gasteiger partial charge >= 0.3 is 0 Å². The number of nitrogens with zero attached hydrogens (tertiary/aromatic N) is 2. The second-order valence-corrected chi connectivity index (χ2v) is 9.62. The van der Waals surface area contributed by atoms with E-state index >= 15 is 0 Å². The van der Waals surface area contributed by atoms with Gasteiger partial charge in [0.1, 0.15) is 11.3 Å². The molecule has 0 unspecified atom stereocenters. The number of carbonyl (C=O) groups is 1. The first-order chi connectivity index (χ1) is 13.0. The van der Waals surface area contributed by atoms with Crippen molar-refractivity contribution in [3.63, 3.8) is 0 Å². The molecule has 0 spiro atoms. The molecular weight excluding hydrogens is 364 g/mol. The minimum atomic E-state index is -3.17. The first-order valence-electron chi connectivity index (χ1n) is 9.76. The quantitative estimate of drug-likeness (QED) is 0.787. The summed E-state index contributed by atoms with van der Waals surface area (Å²) in [4.78, 5) is 14.8. The van der Waals surface area contributed by atoms with Crippen molar-refractivity contribution in [2.75, 3.05) is 26.2 Å². The van der Waals surface area contributed by atoms with Crippen LogP contribution in [0.15, 0.2) is 28.7 Å². The first kappa shape index (κ1) is 18.5. The number of sulfonamides is 1. The maximum absolute atomic E-state index is 12.9. The summed E-state index contributed by atoms with van der Waals surface area (Å²) < 4.78 is 32.4. The molecule has 2 aromatic rings. The molecule has 0 radical (unpaired) electrons. The van der Waals surface area contributed by atoms with E-state index in [1.54, 1.807) is 4.31 Å². The maximum atomic E-state index is 12.9. The first-order valence-corrected chi connectivity index (χ1v) is 11.3. The Hall–Kier alpha value is -1.86. The Morgan fingerprint density at radius 3 is 2.67 bits per heavy atom. The highest BCUT2D eigenvalue weighted by atomic mass is 32.2. The summed E-state index contributed by atoms with van der Waals surface area (Å²) in [5.41, 5.74) is 1.78. The van der Waals surface area contributed by atoms with Crippen molar-refractivity contribution in [3.05, 3.63) is 35.6 Å². The number of rotatable bonds is 5. The number of para-hydroxylation sites is 1. The van der Waals surface area contributed by atoms with Gasteiger partial charge in [-0.2, -0.15) is 4.31 Å². The van der Waals surface area contributed by atoms with Crippen LogP contribution in [0.3, 0.4) is 0 Å². The Kier molecular flexibility index (Phi) is 4.99. The summed E-state index contributed by atoms with van der Waals surface area (Å²) in [5.74, 6) is 0.902. The molecule has 27 heavy (non-hydrogen) atoms. The lowest BCUT2D eigenvalue weighted by molar-refractivity contribution is -0.130. The minimum Gasteiger partial charge on any atom is -0.461 e. The number of hydrogen-bond donors (Lipinski definition) is 0. The van der Waals surface area contributed by atoms with Crippen LogP contribution >= 0.6 is 0 Å². The van der Waals surface area contributed by atoms with E-state index in [0.29, 0.717) is 39.0 Å². The summed E-state index contributed by atoms with van der Waals surface area (Å²) >= 11 is 0. The molecule has 2 heterocycles. The summed E-state index contributed by atoms with van der Waals surface area (Å²) in [5, 5.41) is 0.805. The van der Waals surface area contributed by atoms with Gasteiger partial charge in [0.15, 0.2) is 0 Å². The zero-order chi connectivity index (χ0) is 19.0.